The Labute approximate surface area is 126 Å². The molecule has 0 aliphatic heterocycles. The smallest absolute Gasteiger partial charge is 0.252 e. The van der Waals surface area contributed by atoms with Crippen molar-refractivity contribution in [2.75, 3.05) is 13.7 Å². The van der Waals surface area contributed by atoms with E-state index in [-0.39, 0.29) is 11.8 Å². The summed E-state index contributed by atoms with van der Waals surface area (Å²) in [5.41, 5.74) is 0.493. The van der Waals surface area contributed by atoms with Crippen LogP contribution >= 0.6 is 15.9 Å². The van der Waals surface area contributed by atoms with E-state index in [1.807, 2.05) is 0 Å². The van der Waals surface area contributed by atoms with Gasteiger partial charge in [0.2, 0.25) is 5.91 Å². The number of amides is 2. The van der Waals surface area contributed by atoms with Gasteiger partial charge >= 0.3 is 0 Å². The quantitative estimate of drug-likeness (QED) is 0.830. The second-order valence-corrected chi connectivity index (χ2v) is 5.55. The second kappa shape index (κ2) is 6.74. The highest BCUT2D eigenvalue weighted by Gasteiger charge is 2.22. The maximum Gasteiger partial charge on any atom is 0.252 e. The summed E-state index contributed by atoms with van der Waals surface area (Å²) >= 11 is 3.33. The molecule has 1 aliphatic rings. The average molecular weight is 341 g/mol. The van der Waals surface area contributed by atoms with Crippen molar-refractivity contribution in [2.45, 2.75) is 25.3 Å². The van der Waals surface area contributed by atoms with Gasteiger partial charge in [-0.05, 0) is 47.0 Å². The molecule has 0 radical (unpaired) electrons. The number of ether oxygens (including phenoxy) is 1. The van der Waals surface area contributed by atoms with Gasteiger partial charge in [-0.25, -0.2) is 0 Å². The molecule has 1 aromatic carbocycles. The van der Waals surface area contributed by atoms with Crippen LogP contribution in [0.3, 0.4) is 0 Å². The monoisotopic (exact) mass is 340 g/mol. The molecule has 0 bridgehead atoms. The molecular formula is C14H17BrN2O3. The van der Waals surface area contributed by atoms with E-state index in [1.54, 1.807) is 25.3 Å². The van der Waals surface area contributed by atoms with Gasteiger partial charge in [0.15, 0.2) is 0 Å². The van der Waals surface area contributed by atoms with E-state index in [2.05, 4.69) is 26.6 Å². The van der Waals surface area contributed by atoms with Crippen LogP contribution in [0.2, 0.25) is 0 Å². The molecule has 2 amide bonds. The van der Waals surface area contributed by atoms with Crippen molar-refractivity contribution in [3.05, 3.63) is 28.2 Å². The molecule has 0 unspecified atom stereocenters. The largest absolute Gasteiger partial charge is 0.497 e. The van der Waals surface area contributed by atoms with Crippen molar-refractivity contribution >= 4 is 27.7 Å². The van der Waals surface area contributed by atoms with Gasteiger partial charge in [-0.3, -0.25) is 9.59 Å². The third kappa shape index (κ3) is 4.23. The number of rotatable bonds is 6. The molecular weight excluding hydrogens is 324 g/mol. The Kier molecular flexibility index (Phi) is 5.00. The van der Waals surface area contributed by atoms with Crippen LogP contribution in [0.15, 0.2) is 22.7 Å². The van der Waals surface area contributed by atoms with Crippen LogP contribution < -0.4 is 15.4 Å². The summed E-state index contributed by atoms with van der Waals surface area (Å²) in [6.07, 6.45) is 2.42. The summed E-state index contributed by atoms with van der Waals surface area (Å²) < 4.78 is 5.78. The summed E-state index contributed by atoms with van der Waals surface area (Å²) in [6, 6.07) is 5.53. The van der Waals surface area contributed by atoms with Gasteiger partial charge in [-0.2, -0.15) is 0 Å². The fraction of sp³-hybridized carbons (Fsp3) is 0.429. The van der Waals surface area contributed by atoms with Crippen molar-refractivity contribution in [1.29, 1.82) is 0 Å². The maximum absolute atomic E-state index is 12.0. The number of methoxy groups -OCH3 is 1. The fourth-order valence-corrected chi connectivity index (χ4v) is 2.14. The summed E-state index contributed by atoms with van der Waals surface area (Å²) in [5.74, 6) is 0.373. The van der Waals surface area contributed by atoms with E-state index >= 15 is 0 Å². The van der Waals surface area contributed by atoms with Crippen molar-refractivity contribution in [2.24, 2.45) is 0 Å². The van der Waals surface area contributed by atoms with Gasteiger partial charge in [0.05, 0.1) is 12.7 Å². The zero-order valence-corrected chi connectivity index (χ0v) is 12.8. The lowest BCUT2D eigenvalue weighted by molar-refractivity contribution is -0.121. The van der Waals surface area contributed by atoms with Crippen LogP contribution in [0.25, 0.3) is 0 Å². The first-order chi connectivity index (χ1) is 9.60. The molecule has 0 aromatic heterocycles. The molecule has 0 atom stereocenters. The van der Waals surface area contributed by atoms with E-state index in [9.17, 15) is 9.59 Å². The molecule has 1 fully saturated rings. The summed E-state index contributed by atoms with van der Waals surface area (Å²) in [6.45, 7) is 0.320. The second-order valence-electron chi connectivity index (χ2n) is 4.69. The van der Waals surface area contributed by atoms with Gasteiger partial charge in [0.25, 0.3) is 5.91 Å². The minimum Gasteiger partial charge on any atom is -0.497 e. The summed E-state index contributed by atoms with van der Waals surface area (Å²) in [5, 5.41) is 5.61. The Hall–Kier alpha value is -1.56. The summed E-state index contributed by atoms with van der Waals surface area (Å²) in [7, 11) is 1.55. The Bertz CT molecular complexity index is 515. The number of hydrogen-bond acceptors (Lipinski definition) is 3. The lowest BCUT2D eigenvalue weighted by atomic mass is 10.2. The third-order valence-corrected chi connectivity index (χ3v) is 3.69. The first kappa shape index (κ1) is 14.8. The van der Waals surface area contributed by atoms with Crippen LogP contribution in [0, 0.1) is 0 Å². The van der Waals surface area contributed by atoms with Crippen molar-refractivity contribution in [3.8, 4) is 5.75 Å². The minimum absolute atomic E-state index is 0.0162. The van der Waals surface area contributed by atoms with Crippen LogP contribution in [-0.4, -0.2) is 31.5 Å². The molecule has 1 saturated carbocycles. The highest BCUT2D eigenvalue weighted by atomic mass is 79.9. The molecule has 6 heteroatoms. The van der Waals surface area contributed by atoms with E-state index in [0.29, 0.717) is 34.8 Å². The zero-order valence-electron chi connectivity index (χ0n) is 11.2. The Morgan fingerprint density at radius 1 is 1.40 bits per heavy atom. The molecule has 1 aromatic rings. The molecule has 5 nitrogen and oxygen atoms in total. The Balaban J connectivity index is 1.83. The van der Waals surface area contributed by atoms with Crippen molar-refractivity contribution in [3.63, 3.8) is 0 Å². The van der Waals surface area contributed by atoms with Gasteiger partial charge in [0.1, 0.15) is 5.75 Å². The van der Waals surface area contributed by atoms with Crippen LogP contribution in [0.5, 0.6) is 5.75 Å². The van der Waals surface area contributed by atoms with Crippen molar-refractivity contribution < 1.29 is 14.3 Å². The standard InChI is InChI=1S/C14H17BrN2O3/c1-20-10-4-5-12(15)11(8-10)14(19)16-7-6-13(18)17-9-2-3-9/h4-5,8-9H,2-3,6-7H2,1H3,(H,16,19)(H,17,18). The number of benzene rings is 1. The SMILES string of the molecule is COc1ccc(Br)c(C(=O)NCCC(=O)NC2CC2)c1. The van der Waals surface area contributed by atoms with Gasteiger partial charge in [-0.1, -0.05) is 0 Å². The lowest BCUT2D eigenvalue weighted by Crippen LogP contribution is -2.31. The Morgan fingerprint density at radius 2 is 2.15 bits per heavy atom. The number of carbonyl (C=O) groups excluding carboxylic acids is 2. The van der Waals surface area contributed by atoms with Crippen molar-refractivity contribution in [1.82, 2.24) is 10.6 Å². The molecule has 20 heavy (non-hydrogen) atoms. The van der Waals surface area contributed by atoms with E-state index < -0.39 is 0 Å². The Morgan fingerprint density at radius 3 is 2.80 bits per heavy atom. The molecule has 108 valence electrons. The predicted octanol–water partition coefficient (Wildman–Crippen LogP) is 1.86. The molecule has 0 saturated heterocycles. The molecule has 1 aliphatic carbocycles. The molecule has 0 heterocycles. The highest BCUT2D eigenvalue weighted by Crippen LogP contribution is 2.22. The van der Waals surface area contributed by atoms with E-state index in [4.69, 9.17) is 4.74 Å². The highest BCUT2D eigenvalue weighted by molar-refractivity contribution is 9.10. The number of hydrogen-bond donors (Lipinski definition) is 2. The van der Waals surface area contributed by atoms with Gasteiger partial charge in [0, 0.05) is 23.5 Å². The van der Waals surface area contributed by atoms with E-state index in [0.717, 1.165) is 12.8 Å². The third-order valence-electron chi connectivity index (χ3n) is 3.00. The first-order valence-corrected chi connectivity index (χ1v) is 7.30. The van der Waals surface area contributed by atoms with Crippen LogP contribution in [-0.2, 0) is 4.79 Å². The predicted molar refractivity (Wildman–Crippen MR) is 78.8 cm³/mol. The maximum atomic E-state index is 12.0. The topological polar surface area (TPSA) is 67.4 Å². The van der Waals surface area contributed by atoms with Gasteiger partial charge < -0.3 is 15.4 Å². The fourth-order valence-electron chi connectivity index (χ4n) is 1.72. The van der Waals surface area contributed by atoms with Crippen LogP contribution in [0.4, 0.5) is 0 Å². The average Bonchev–Trinajstić information content (AvgIpc) is 3.23. The minimum atomic E-state index is -0.227. The van der Waals surface area contributed by atoms with Crippen LogP contribution in [0.1, 0.15) is 29.6 Å². The number of nitrogens with one attached hydrogen (secondary N) is 2. The number of halogens is 1. The molecule has 2 N–H and O–H groups in total. The van der Waals surface area contributed by atoms with E-state index in [1.165, 1.54) is 0 Å². The summed E-state index contributed by atoms with van der Waals surface area (Å²) in [4.78, 5) is 23.5. The zero-order chi connectivity index (χ0) is 14.5. The lowest BCUT2D eigenvalue weighted by Gasteiger charge is -2.08. The number of carbonyl (C=O) groups is 2. The normalized spacial score (nSPS) is 13.7. The molecule has 0 spiro atoms. The first-order valence-electron chi connectivity index (χ1n) is 6.51. The molecule has 2 rings (SSSR count). The van der Waals surface area contributed by atoms with Gasteiger partial charge in [-0.15, -0.1) is 0 Å².